The van der Waals surface area contributed by atoms with Gasteiger partial charge in [0.15, 0.2) is 0 Å². The molecule has 1 aromatic rings. The molecule has 0 atom stereocenters. The first-order chi connectivity index (χ1) is 7.61. The van der Waals surface area contributed by atoms with Gasteiger partial charge in [-0.25, -0.2) is 16.9 Å². The zero-order valence-corrected chi connectivity index (χ0v) is 10.5. The molecule has 0 fully saturated rings. The topological polar surface area (TPSA) is 77.8 Å². The van der Waals surface area contributed by atoms with Crippen molar-refractivity contribution < 1.29 is 39.6 Å². The third kappa shape index (κ3) is 5.22. The second-order valence-corrected chi connectivity index (χ2v) is 2.98. The van der Waals surface area contributed by atoms with E-state index in [1.54, 1.807) is 0 Å². The fraction of sp³-hybridized carbons (Fsp3) is 0. The van der Waals surface area contributed by atoms with Crippen LogP contribution in [0.5, 0.6) is 0 Å². The van der Waals surface area contributed by atoms with Gasteiger partial charge >= 0.3 is 25.4 Å². The smallest absolute Gasteiger partial charge is 0.481 e. The van der Waals surface area contributed by atoms with Gasteiger partial charge in [0, 0.05) is 0 Å². The van der Waals surface area contributed by atoms with E-state index in [-0.39, 0.29) is 30.6 Å². The molecule has 0 amide bonds. The number of carboxylic acids is 1. The molecule has 1 aliphatic rings. The summed E-state index contributed by atoms with van der Waals surface area (Å²) in [5.41, 5.74) is 0.156. The third-order valence-electron chi connectivity index (χ3n) is 1.81. The third-order valence-corrected chi connectivity index (χ3v) is 1.81. The van der Waals surface area contributed by atoms with Crippen molar-refractivity contribution in [1.29, 1.82) is 0 Å². The Hall–Kier alpha value is -1.74. The minimum absolute atomic E-state index is 0. The number of hydrogen-bond donors (Lipinski definition) is 3. The van der Waals surface area contributed by atoms with E-state index in [9.17, 15) is 4.79 Å². The molecule has 0 unspecified atom stereocenters. The van der Waals surface area contributed by atoms with E-state index >= 15 is 0 Å². The number of carboxylic acid groups (broad SMARTS) is 1. The molecule has 3 N–H and O–H groups in total. The summed E-state index contributed by atoms with van der Waals surface area (Å²) in [6.07, 6.45) is 3.79. The van der Waals surface area contributed by atoms with Gasteiger partial charge in [-0.3, -0.25) is 0 Å². The zero-order chi connectivity index (χ0) is 12.0. The van der Waals surface area contributed by atoms with Crippen LogP contribution in [0, 0.1) is 0 Å². The van der Waals surface area contributed by atoms with E-state index < -0.39 is 11.9 Å². The number of carbonyl (C=O) groups is 1. The summed E-state index contributed by atoms with van der Waals surface area (Å²) in [5, 5.41) is 25.4. The van der Waals surface area contributed by atoms with Gasteiger partial charge in [0.25, 0.3) is 5.95 Å². The van der Waals surface area contributed by atoms with Crippen LogP contribution in [-0.2, 0) is 24.3 Å². The molecule has 5 heteroatoms. The number of aliphatic hydroxyl groups excluding tert-OH is 1. The van der Waals surface area contributed by atoms with Crippen LogP contribution in [0.3, 0.4) is 0 Å². The zero-order valence-electron chi connectivity index (χ0n) is 8.72. The van der Waals surface area contributed by atoms with E-state index in [2.05, 4.69) is 0 Å². The Morgan fingerprint density at radius 3 is 1.88 bits per heavy atom. The van der Waals surface area contributed by atoms with Gasteiger partial charge in [0.1, 0.15) is 0 Å². The molecular weight excluding hydrogens is 309 g/mol. The predicted octanol–water partition coefficient (Wildman–Crippen LogP) is 2.30. The summed E-state index contributed by atoms with van der Waals surface area (Å²) < 4.78 is 0. The molecular formula is C12H11O4Ru. The number of aliphatic hydroxyl groups is 2. The molecule has 0 saturated carbocycles. The van der Waals surface area contributed by atoms with Crippen molar-refractivity contribution in [2.24, 2.45) is 0 Å². The Labute approximate surface area is 111 Å². The van der Waals surface area contributed by atoms with Gasteiger partial charge in [0.2, 0.25) is 0 Å². The quantitative estimate of drug-likeness (QED) is 0.421. The largest absolute Gasteiger partial charge is 1.00 e. The van der Waals surface area contributed by atoms with E-state index in [1.165, 1.54) is 18.2 Å². The van der Waals surface area contributed by atoms with Gasteiger partial charge in [-0.15, -0.1) is 0 Å². The molecule has 0 aromatic heterocycles. The standard InChI is InChI=1S/C7H6O4.C5H5.Ru/c8-6(9)4-1-2-5(3-4)7(10)11;1-2-4-5-3-1;/h1-3,8-9H,(H,10,11);1-5H;/q;-1;+1. The maximum absolute atomic E-state index is 10.3. The molecule has 1 aromatic carbocycles. The van der Waals surface area contributed by atoms with Crippen LogP contribution in [0.25, 0.3) is 0 Å². The van der Waals surface area contributed by atoms with Crippen LogP contribution >= 0.6 is 0 Å². The molecule has 1 aliphatic carbocycles. The van der Waals surface area contributed by atoms with Crippen molar-refractivity contribution in [3.8, 4) is 0 Å². The number of allylic oxidation sites excluding steroid dienone is 3. The first-order valence-electron chi connectivity index (χ1n) is 4.53. The molecule has 0 bridgehead atoms. The van der Waals surface area contributed by atoms with Gasteiger partial charge in [-0.1, -0.05) is 0 Å². The SMILES string of the molecule is O=C(O)C1=CC(=C(O)O)C=C1.[Ru+].c1cc[cH-]c1. The summed E-state index contributed by atoms with van der Waals surface area (Å²) >= 11 is 0. The number of rotatable bonds is 1. The van der Waals surface area contributed by atoms with Crippen molar-refractivity contribution in [3.63, 3.8) is 0 Å². The molecule has 91 valence electrons. The van der Waals surface area contributed by atoms with Crippen molar-refractivity contribution in [2.75, 3.05) is 0 Å². The van der Waals surface area contributed by atoms with Crippen molar-refractivity contribution >= 4 is 5.97 Å². The summed E-state index contributed by atoms with van der Waals surface area (Å²) in [7, 11) is 0. The van der Waals surface area contributed by atoms with Crippen LogP contribution < -0.4 is 0 Å². The summed E-state index contributed by atoms with van der Waals surface area (Å²) in [5.74, 6) is -1.95. The predicted molar refractivity (Wildman–Crippen MR) is 59.2 cm³/mol. The Morgan fingerprint density at radius 2 is 1.65 bits per heavy atom. The van der Waals surface area contributed by atoms with E-state index in [4.69, 9.17) is 15.3 Å². The normalized spacial score (nSPS) is 12.0. The minimum Gasteiger partial charge on any atom is -0.481 e. The van der Waals surface area contributed by atoms with Gasteiger partial charge in [-0.05, 0) is 18.2 Å². The summed E-state index contributed by atoms with van der Waals surface area (Å²) in [4.78, 5) is 10.3. The van der Waals surface area contributed by atoms with Crippen LogP contribution in [-0.4, -0.2) is 21.3 Å². The Bertz CT molecular complexity index is 420. The van der Waals surface area contributed by atoms with Gasteiger partial charge in [0.05, 0.1) is 11.1 Å². The fourth-order valence-electron chi connectivity index (χ4n) is 1.04. The number of aliphatic carboxylic acids is 1. The molecule has 0 heterocycles. The average Bonchev–Trinajstić information content (AvgIpc) is 2.93. The van der Waals surface area contributed by atoms with Gasteiger partial charge < -0.3 is 15.3 Å². The van der Waals surface area contributed by atoms with E-state index in [1.807, 2.05) is 30.3 Å². The molecule has 2 rings (SSSR count). The van der Waals surface area contributed by atoms with E-state index in [0.29, 0.717) is 0 Å². The fourth-order valence-corrected chi connectivity index (χ4v) is 1.04. The molecule has 0 spiro atoms. The monoisotopic (exact) mass is 321 g/mol. The Morgan fingerprint density at radius 1 is 1.06 bits per heavy atom. The summed E-state index contributed by atoms with van der Waals surface area (Å²) in [6.45, 7) is 0. The minimum atomic E-state index is -1.09. The van der Waals surface area contributed by atoms with E-state index in [0.717, 1.165) is 0 Å². The molecule has 17 heavy (non-hydrogen) atoms. The van der Waals surface area contributed by atoms with Crippen molar-refractivity contribution in [2.45, 2.75) is 0 Å². The second-order valence-electron chi connectivity index (χ2n) is 2.98. The van der Waals surface area contributed by atoms with Crippen LogP contribution in [0.1, 0.15) is 0 Å². The maximum Gasteiger partial charge on any atom is 1.00 e. The Balaban J connectivity index is 0.000000360. The molecule has 4 nitrogen and oxygen atoms in total. The van der Waals surface area contributed by atoms with Crippen molar-refractivity contribution in [3.05, 3.63) is 65.7 Å². The first kappa shape index (κ1) is 15.3. The average molecular weight is 320 g/mol. The van der Waals surface area contributed by atoms with Gasteiger partial charge in [-0.2, -0.15) is 18.2 Å². The van der Waals surface area contributed by atoms with Crippen LogP contribution in [0.4, 0.5) is 0 Å². The summed E-state index contributed by atoms with van der Waals surface area (Å²) in [6, 6.07) is 10.0. The van der Waals surface area contributed by atoms with Crippen LogP contribution in [0.15, 0.2) is 65.7 Å². The first-order valence-corrected chi connectivity index (χ1v) is 4.53. The Kier molecular flexibility index (Phi) is 6.75. The second kappa shape index (κ2) is 7.52. The van der Waals surface area contributed by atoms with Crippen molar-refractivity contribution in [1.82, 2.24) is 0 Å². The molecule has 0 aliphatic heterocycles. The maximum atomic E-state index is 10.3. The van der Waals surface area contributed by atoms with Crippen LogP contribution in [0.2, 0.25) is 0 Å². The number of hydrogen-bond acceptors (Lipinski definition) is 3. The molecule has 0 saturated heterocycles. The molecule has 1 radical (unpaired) electrons.